The predicted molar refractivity (Wildman–Crippen MR) is 27.2 cm³/mol. The van der Waals surface area contributed by atoms with Crippen LogP contribution in [0.4, 0.5) is 0 Å². The van der Waals surface area contributed by atoms with Crippen molar-refractivity contribution in [2.45, 2.75) is 5.56 Å². The molecule has 0 spiro atoms. The molecule has 42 valence electrons. The van der Waals surface area contributed by atoms with Gasteiger partial charge in [-0.2, -0.15) is 0 Å². The predicted octanol–water partition coefficient (Wildman–Crippen LogP) is 1.49. The molecule has 0 bridgehead atoms. The summed E-state index contributed by atoms with van der Waals surface area (Å²) < 4.78 is 0. The molecule has 7 heavy (non-hydrogen) atoms. The first-order chi connectivity index (χ1) is 3.31. The lowest BCUT2D eigenvalue weighted by molar-refractivity contribution is 0.126. The fourth-order valence-electron chi connectivity index (χ4n) is 0.0749. The van der Waals surface area contributed by atoms with Crippen LogP contribution in [-0.2, 0) is 4.84 Å². The van der Waals surface area contributed by atoms with Crippen LogP contribution in [-0.4, -0.2) is 11.4 Å². The zero-order valence-corrected chi connectivity index (χ0v) is 4.82. The van der Waals surface area contributed by atoms with Gasteiger partial charge in [-0.25, -0.2) is 0 Å². The molecular formula is C2H3Cl2NO2. The summed E-state index contributed by atoms with van der Waals surface area (Å²) in [7, 11) is 0. The van der Waals surface area contributed by atoms with Gasteiger partial charge in [-0.05, 0) is 0 Å². The van der Waals surface area contributed by atoms with E-state index < -0.39 is 5.56 Å². The Labute approximate surface area is 50.5 Å². The molecule has 0 aliphatic rings. The second-order valence-electron chi connectivity index (χ2n) is 0.744. The van der Waals surface area contributed by atoms with Gasteiger partial charge in [0, 0.05) is 0 Å². The Morgan fingerprint density at radius 1 is 1.86 bits per heavy atom. The summed E-state index contributed by atoms with van der Waals surface area (Å²) >= 11 is 10.2. The lowest BCUT2D eigenvalue weighted by atomic mass is 10.9. The molecule has 0 saturated carbocycles. The number of halogens is 2. The fourth-order valence-corrected chi connectivity index (χ4v) is 0.164. The molecule has 1 atom stereocenters. The smallest absolute Gasteiger partial charge is 0.217 e. The Morgan fingerprint density at radius 2 is 2.43 bits per heavy atom. The van der Waals surface area contributed by atoms with Gasteiger partial charge < -0.3 is 4.84 Å². The molecule has 0 aliphatic carbocycles. The molecule has 0 N–H and O–H groups in total. The maximum absolute atomic E-state index is 9.16. The summed E-state index contributed by atoms with van der Waals surface area (Å²) in [5.41, 5.74) is -0.792. The third-order valence-corrected chi connectivity index (χ3v) is 0.951. The quantitative estimate of drug-likeness (QED) is 0.342. The van der Waals surface area contributed by atoms with Gasteiger partial charge >= 0.3 is 0 Å². The van der Waals surface area contributed by atoms with Gasteiger partial charge in [-0.3, -0.25) is 0 Å². The van der Waals surface area contributed by atoms with Gasteiger partial charge in [0.1, 0.15) is 0 Å². The number of nitrogens with zero attached hydrogens (tertiary/aromatic N) is 1. The number of hydrogen-bond donors (Lipinski definition) is 0. The van der Waals surface area contributed by atoms with Crippen molar-refractivity contribution in [3.63, 3.8) is 0 Å². The van der Waals surface area contributed by atoms with E-state index in [4.69, 9.17) is 28.1 Å². The van der Waals surface area contributed by atoms with Gasteiger partial charge in [0.15, 0.2) is 5.34 Å². The van der Waals surface area contributed by atoms with E-state index in [0.717, 1.165) is 0 Å². The molecule has 0 fully saturated rings. The molecule has 0 radical (unpaired) electrons. The summed E-state index contributed by atoms with van der Waals surface area (Å²) in [4.78, 5) is 13.1. The van der Waals surface area contributed by atoms with Gasteiger partial charge in [-0.1, -0.05) is 11.6 Å². The zero-order valence-electron chi connectivity index (χ0n) is 3.30. The van der Waals surface area contributed by atoms with E-state index in [1.807, 2.05) is 5.34 Å². The first-order valence-electron chi connectivity index (χ1n) is 1.49. The van der Waals surface area contributed by atoms with Crippen LogP contribution in [0.5, 0.6) is 0 Å². The highest BCUT2D eigenvalue weighted by Gasteiger charge is 1.99. The van der Waals surface area contributed by atoms with Crippen molar-refractivity contribution in [2.75, 3.05) is 5.88 Å². The first kappa shape index (κ1) is 6.98. The van der Waals surface area contributed by atoms with E-state index in [0.29, 0.717) is 0 Å². The van der Waals surface area contributed by atoms with Crippen LogP contribution in [0.15, 0.2) is 5.34 Å². The summed E-state index contributed by atoms with van der Waals surface area (Å²) in [6.07, 6.45) is 0. The highest BCUT2D eigenvalue weighted by Crippen LogP contribution is 1.99. The maximum atomic E-state index is 9.16. The average Bonchev–Trinajstić information content (AvgIpc) is 1.68. The Kier molecular flexibility index (Phi) is 4.14. The summed E-state index contributed by atoms with van der Waals surface area (Å²) in [6.45, 7) is 0. The van der Waals surface area contributed by atoms with Gasteiger partial charge in [0.2, 0.25) is 5.56 Å². The van der Waals surface area contributed by atoms with Crippen LogP contribution >= 0.6 is 23.2 Å². The largest absolute Gasteiger partial charge is 0.343 e. The molecule has 0 rings (SSSR count). The molecule has 0 aromatic rings. The van der Waals surface area contributed by atoms with Crippen LogP contribution in [0.1, 0.15) is 0 Å². The summed E-state index contributed by atoms with van der Waals surface area (Å²) in [6, 6.07) is 0. The van der Waals surface area contributed by atoms with E-state index in [2.05, 4.69) is 4.84 Å². The number of hydrogen-bond acceptors (Lipinski definition) is 3. The SMILES string of the molecule is O=NOC(Cl)CCl. The Bertz CT molecular complexity index is 59.7. The van der Waals surface area contributed by atoms with E-state index in [-0.39, 0.29) is 5.88 Å². The standard InChI is InChI=1S/C2H3Cl2NO2/c3-1-2(4)7-5-6/h2H,1H2. The molecule has 0 amide bonds. The second-order valence-corrected chi connectivity index (χ2v) is 1.54. The number of alkyl halides is 2. The maximum Gasteiger partial charge on any atom is 0.217 e. The van der Waals surface area contributed by atoms with E-state index >= 15 is 0 Å². The highest BCUT2D eigenvalue weighted by atomic mass is 35.5. The van der Waals surface area contributed by atoms with Crippen molar-refractivity contribution < 1.29 is 4.84 Å². The van der Waals surface area contributed by atoms with Crippen LogP contribution in [0, 0.1) is 4.91 Å². The number of rotatable bonds is 3. The molecule has 0 aliphatic heterocycles. The Hall–Kier alpha value is -0.0200. The van der Waals surface area contributed by atoms with Crippen molar-refractivity contribution in [1.29, 1.82) is 0 Å². The molecule has 3 nitrogen and oxygen atoms in total. The Balaban J connectivity index is 2.98. The minimum absolute atomic E-state index is 0.0628. The van der Waals surface area contributed by atoms with Crippen LogP contribution in [0.3, 0.4) is 0 Å². The normalized spacial score (nSPS) is 12.9. The van der Waals surface area contributed by atoms with E-state index in [1.165, 1.54) is 0 Å². The van der Waals surface area contributed by atoms with Crippen molar-refractivity contribution in [3.8, 4) is 0 Å². The van der Waals surface area contributed by atoms with Gasteiger partial charge in [-0.15, -0.1) is 16.5 Å². The van der Waals surface area contributed by atoms with Crippen molar-refractivity contribution >= 4 is 23.2 Å². The third kappa shape index (κ3) is 3.82. The lowest BCUT2D eigenvalue weighted by Gasteiger charge is -1.94. The molecular weight excluding hydrogens is 141 g/mol. The Morgan fingerprint density at radius 3 is 2.57 bits per heavy atom. The highest BCUT2D eigenvalue weighted by molar-refractivity contribution is 6.27. The molecule has 5 heteroatoms. The molecule has 0 saturated heterocycles. The summed E-state index contributed by atoms with van der Waals surface area (Å²) in [5, 5.41) is 2.04. The minimum Gasteiger partial charge on any atom is -0.343 e. The van der Waals surface area contributed by atoms with Gasteiger partial charge in [0.05, 0.1) is 5.88 Å². The molecule has 0 aromatic heterocycles. The monoisotopic (exact) mass is 143 g/mol. The fraction of sp³-hybridized carbons (Fsp3) is 1.00. The zero-order chi connectivity index (χ0) is 5.70. The van der Waals surface area contributed by atoms with Crippen LogP contribution in [0.2, 0.25) is 0 Å². The van der Waals surface area contributed by atoms with E-state index in [1.54, 1.807) is 0 Å². The van der Waals surface area contributed by atoms with E-state index in [9.17, 15) is 0 Å². The topological polar surface area (TPSA) is 38.7 Å². The lowest BCUT2D eigenvalue weighted by Crippen LogP contribution is -1.99. The molecule has 1 unspecified atom stereocenters. The second kappa shape index (κ2) is 4.15. The van der Waals surface area contributed by atoms with Crippen molar-refractivity contribution in [2.24, 2.45) is 5.34 Å². The summed E-state index contributed by atoms with van der Waals surface area (Å²) in [5.74, 6) is 0.0628. The van der Waals surface area contributed by atoms with Crippen molar-refractivity contribution in [3.05, 3.63) is 4.91 Å². The van der Waals surface area contributed by atoms with Crippen molar-refractivity contribution in [1.82, 2.24) is 0 Å². The molecule has 0 heterocycles. The third-order valence-electron chi connectivity index (χ3n) is 0.279. The minimum atomic E-state index is -0.792. The first-order valence-corrected chi connectivity index (χ1v) is 2.47. The van der Waals surface area contributed by atoms with Crippen LogP contribution < -0.4 is 0 Å². The average molecular weight is 144 g/mol. The van der Waals surface area contributed by atoms with Gasteiger partial charge in [0.25, 0.3) is 0 Å². The molecule has 0 aromatic carbocycles. The van der Waals surface area contributed by atoms with Crippen LogP contribution in [0.25, 0.3) is 0 Å².